The molecule has 0 radical (unpaired) electrons. The fourth-order valence-corrected chi connectivity index (χ4v) is 4.08. The molecule has 0 atom stereocenters. The molecule has 2 aromatic carbocycles. The molecule has 19 heavy (non-hydrogen) atoms. The molecule has 1 aliphatic rings. The highest BCUT2D eigenvalue weighted by atomic mass is 32.2. The van der Waals surface area contributed by atoms with Gasteiger partial charge in [0.15, 0.2) is 0 Å². The van der Waals surface area contributed by atoms with Crippen LogP contribution in [0.2, 0.25) is 0 Å². The summed E-state index contributed by atoms with van der Waals surface area (Å²) in [5.41, 5.74) is 4.67. The van der Waals surface area contributed by atoms with Crippen LogP contribution in [0.4, 0.5) is 5.69 Å². The maximum atomic E-state index is 12.6. The quantitative estimate of drug-likeness (QED) is 0.739. The molecule has 1 aliphatic heterocycles. The van der Waals surface area contributed by atoms with E-state index in [2.05, 4.69) is 0 Å². The maximum Gasteiger partial charge on any atom is 0.264 e. The van der Waals surface area contributed by atoms with Crippen LogP contribution in [0.25, 0.3) is 11.1 Å². The maximum absolute atomic E-state index is 12.6. The summed E-state index contributed by atoms with van der Waals surface area (Å²) < 4.78 is 26.5. The smallest absolute Gasteiger partial charge is 0.264 e. The summed E-state index contributed by atoms with van der Waals surface area (Å²) in [6, 6.07) is 11.2. The second-order valence-electron chi connectivity index (χ2n) is 4.87. The van der Waals surface area contributed by atoms with E-state index in [1.54, 1.807) is 19.2 Å². The normalized spacial score (nSPS) is 15.8. The fourth-order valence-electron chi connectivity index (χ4n) is 2.61. The lowest BCUT2D eigenvalue weighted by atomic mass is 9.97. The highest BCUT2D eigenvalue weighted by Crippen LogP contribution is 2.44. The molecule has 0 N–H and O–H groups in total. The summed E-state index contributed by atoms with van der Waals surface area (Å²) in [4.78, 5) is 0.383. The second-order valence-corrected chi connectivity index (χ2v) is 6.81. The number of nitrogens with zero attached hydrogens (tertiary/aromatic N) is 1. The van der Waals surface area contributed by atoms with Crippen molar-refractivity contribution >= 4 is 15.7 Å². The molecule has 0 aliphatic carbocycles. The van der Waals surface area contributed by atoms with Crippen molar-refractivity contribution in [2.24, 2.45) is 0 Å². The largest absolute Gasteiger partial charge is 0.268 e. The van der Waals surface area contributed by atoms with Gasteiger partial charge in [-0.15, -0.1) is 0 Å². The predicted molar refractivity (Wildman–Crippen MR) is 76.9 cm³/mol. The number of hydrogen-bond acceptors (Lipinski definition) is 2. The van der Waals surface area contributed by atoms with Crippen molar-refractivity contribution in [1.29, 1.82) is 0 Å². The molecule has 0 bridgehead atoms. The molecular formula is C15H15NO2S. The van der Waals surface area contributed by atoms with E-state index in [1.807, 2.05) is 38.1 Å². The van der Waals surface area contributed by atoms with Gasteiger partial charge in [0.05, 0.1) is 10.6 Å². The average Bonchev–Trinajstić information content (AvgIpc) is 2.40. The summed E-state index contributed by atoms with van der Waals surface area (Å²) in [6.07, 6.45) is 0. The first-order valence-corrected chi connectivity index (χ1v) is 7.57. The van der Waals surface area contributed by atoms with Crippen LogP contribution in [0.3, 0.4) is 0 Å². The van der Waals surface area contributed by atoms with E-state index in [4.69, 9.17) is 0 Å². The molecule has 0 spiro atoms. The number of fused-ring (bicyclic) bond motifs is 3. The zero-order chi connectivity index (χ0) is 13.8. The van der Waals surface area contributed by atoms with E-state index in [1.165, 1.54) is 4.31 Å². The summed E-state index contributed by atoms with van der Waals surface area (Å²) in [5, 5.41) is 0. The number of rotatable bonds is 0. The van der Waals surface area contributed by atoms with Crippen LogP contribution in [0.1, 0.15) is 11.1 Å². The van der Waals surface area contributed by atoms with Crippen molar-refractivity contribution in [3.63, 3.8) is 0 Å². The number of hydrogen-bond donors (Lipinski definition) is 0. The molecule has 98 valence electrons. The molecule has 0 fully saturated rings. The third-order valence-electron chi connectivity index (χ3n) is 3.83. The standard InChI is InChI=1S/C15H15NO2S/c1-10-8-9-13-12-6-4-5-7-14(12)19(17,18)16(3)15(13)11(10)2/h4-9H,1-3H3. The van der Waals surface area contributed by atoms with Crippen LogP contribution < -0.4 is 4.31 Å². The molecule has 2 aromatic rings. The van der Waals surface area contributed by atoms with E-state index < -0.39 is 10.0 Å². The van der Waals surface area contributed by atoms with Gasteiger partial charge in [-0.2, -0.15) is 0 Å². The highest BCUT2D eigenvalue weighted by molar-refractivity contribution is 7.93. The molecule has 3 rings (SSSR count). The molecule has 1 heterocycles. The van der Waals surface area contributed by atoms with Crippen LogP contribution in [-0.4, -0.2) is 15.5 Å². The first-order valence-electron chi connectivity index (χ1n) is 6.13. The van der Waals surface area contributed by atoms with Crippen LogP contribution in [0, 0.1) is 13.8 Å². The lowest BCUT2D eigenvalue weighted by molar-refractivity contribution is 0.594. The zero-order valence-electron chi connectivity index (χ0n) is 11.1. The van der Waals surface area contributed by atoms with Gasteiger partial charge in [0.1, 0.15) is 0 Å². The van der Waals surface area contributed by atoms with E-state index in [0.717, 1.165) is 27.9 Å². The summed E-state index contributed by atoms with van der Waals surface area (Å²) in [6.45, 7) is 3.96. The van der Waals surface area contributed by atoms with Gasteiger partial charge < -0.3 is 0 Å². The van der Waals surface area contributed by atoms with Crippen LogP contribution in [0.15, 0.2) is 41.3 Å². The van der Waals surface area contributed by atoms with Gasteiger partial charge in [0, 0.05) is 18.2 Å². The Labute approximate surface area is 113 Å². The SMILES string of the molecule is Cc1ccc2c(c1C)N(C)S(=O)(=O)c1ccccc1-2. The molecule has 0 unspecified atom stereocenters. The Morgan fingerprint density at radius 1 is 0.947 bits per heavy atom. The van der Waals surface area contributed by atoms with E-state index >= 15 is 0 Å². The van der Waals surface area contributed by atoms with Gasteiger partial charge in [-0.3, -0.25) is 4.31 Å². The van der Waals surface area contributed by atoms with Crippen LogP contribution >= 0.6 is 0 Å². The monoisotopic (exact) mass is 273 g/mol. The minimum Gasteiger partial charge on any atom is -0.268 e. The van der Waals surface area contributed by atoms with Gasteiger partial charge in [-0.1, -0.05) is 30.3 Å². The number of aryl methyl sites for hydroxylation is 1. The van der Waals surface area contributed by atoms with E-state index in [9.17, 15) is 8.42 Å². The second kappa shape index (κ2) is 3.84. The van der Waals surface area contributed by atoms with Crippen LogP contribution in [-0.2, 0) is 10.0 Å². The van der Waals surface area contributed by atoms with Gasteiger partial charge in [0.25, 0.3) is 10.0 Å². The minimum absolute atomic E-state index is 0.383. The Kier molecular flexibility index (Phi) is 2.47. The van der Waals surface area contributed by atoms with Crippen molar-refractivity contribution in [1.82, 2.24) is 0 Å². The first-order chi connectivity index (χ1) is 8.94. The number of sulfonamides is 1. The molecule has 0 amide bonds. The van der Waals surface area contributed by atoms with Gasteiger partial charge >= 0.3 is 0 Å². The molecule has 0 saturated carbocycles. The lowest BCUT2D eigenvalue weighted by Crippen LogP contribution is -2.31. The molecule has 4 heteroatoms. The van der Waals surface area contributed by atoms with Crippen molar-refractivity contribution in [3.05, 3.63) is 47.5 Å². The zero-order valence-corrected chi connectivity index (χ0v) is 12.0. The van der Waals surface area contributed by atoms with Gasteiger partial charge in [0.2, 0.25) is 0 Å². The molecular weight excluding hydrogens is 258 g/mol. The van der Waals surface area contributed by atoms with Crippen molar-refractivity contribution < 1.29 is 8.42 Å². The average molecular weight is 273 g/mol. The van der Waals surface area contributed by atoms with Crippen molar-refractivity contribution in [2.45, 2.75) is 18.7 Å². The lowest BCUT2D eigenvalue weighted by Gasteiger charge is -2.31. The first kappa shape index (κ1) is 12.2. The Morgan fingerprint density at radius 2 is 1.63 bits per heavy atom. The summed E-state index contributed by atoms with van der Waals surface area (Å²) in [7, 11) is -1.82. The van der Waals surface area contributed by atoms with E-state index in [0.29, 0.717) is 4.90 Å². The highest BCUT2D eigenvalue weighted by Gasteiger charge is 2.33. The Balaban J connectivity index is 2.49. The summed E-state index contributed by atoms with van der Waals surface area (Å²) >= 11 is 0. The Hall–Kier alpha value is -1.81. The third-order valence-corrected chi connectivity index (χ3v) is 5.65. The van der Waals surface area contributed by atoms with E-state index in [-0.39, 0.29) is 0 Å². The van der Waals surface area contributed by atoms with Crippen molar-refractivity contribution in [3.8, 4) is 11.1 Å². The minimum atomic E-state index is -3.44. The molecule has 3 nitrogen and oxygen atoms in total. The number of anilines is 1. The predicted octanol–water partition coefficient (Wildman–Crippen LogP) is 3.11. The Bertz CT molecular complexity index is 779. The van der Waals surface area contributed by atoms with Gasteiger partial charge in [-0.25, -0.2) is 8.42 Å². The van der Waals surface area contributed by atoms with Crippen molar-refractivity contribution in [2.75, 3.05) is 11.4 Å². The number of benzene rings is 2. The Morgan fingerprint density at radius 3 is 2.37 bits per heavy atom. The summed E-state index contributed by atoms with van der Waals surface area (Å²) in [5.74, 6) is 0. The topological polar surface area (TPSA) is 37.4 Å². The third kappa shape index (κ3) is 1.53. The van der Waals surface area contributed by atoms with Crippen LogP contribution in [0.5, 0.6) is 0 Å². The molecule has 0 aromatic heterocycles. The molecule has 0 saturated heterocycles. The van der Waals surface area contributed by atoms with Gasteiger partial charge in [-0.05, 0) is 31.0 Å². The fraction of sp³-hybridized carbons (Fsp3) is 0.200.